The van der Waals surface area contributed by atoms with Crippen LogP contribution in [0.5, 0.6) is 0 Å². The van der Waals surface area contributed by atoms with E-state index in [9.17, 15) is 4.79 Å². The summed E-state index contributed by atoms with van der Waals surface area (Å²) in [6, 6.07) is 0.778. The van der Waals surface area contributed by atoms with Crippen molar-refractivity contribution in [3.8, 4) is 0 Å². The fourth-order valence-electron chi connectivity index (χ4n) is 2.47. The fourth-order valence-corrected chi connectivity index (χ4v) is 2.47. The molecule has 3 rings (SSSR count). The summed E-state index contributed by atoms with van der Waals surface area (Å²) in [4.78, 5) is 13.8. The lowest BCUT2D eigenvalue weighted by Gasteiger charge is -2.34. The van der Waals surface area contributed by atoms with Crippen LogP contribution in [0.3, 0.4) is 0 Å². The zero-order valence-corrected chi connectivity index (χ0v) is 8.24. The van der Waals surface area contributed by atoms with Crippen LogP contribution >= 0.6 is 0 Å². The van der Waals surface area contributed by atoms with Gasteiger partial charge in [0, 0.05) is 25.2 Å². The molecular weight excluding hydrogens is 180 g/mol. The molecule has 2 aliphatic heterocycles. The lowest BCUT2D eigenvalue weighted by Crippen LogP contribution is -2.54. The van der Waals surface area contributed by atoms with Crippen molar-refractivity contribution in [2.75, 3.05) is 13.1 Å². The van der Waals surface area contributed by atoms with E-state index in [1.807, 2.05) is 4.90 Å². The van der Waals surface area contributed by atoms with E-state index < -0.39 is 0 Å². The van der Waals surface area contributed by atoms with Crippen LogP contribution < -0.4 is 5.32 Å². The highest BCUT2D eigenvalue weighted by atomic mass is 16.6. The molecule has 0 aromatic carbocycles. The smallest absolute Gasteiger partial charge is 0.410 e. The van der Waals surface area contributed by atoms with Crippen LogP contribution in [-0.4, -0.2) is 42.3 Å². The molecule has 14 heavy (non-hydrogen) atoms. The molecule has 1 N–H and O–H groups in total. The van der Waals surface area contributed by atoms with Gasteiger partial charge in [-0.25, -0.2) is 4.79 Å². The molecule has 4 nitrogen and oxygen atoms in total. The van der Waals surface area contributed by atoms with Crippen LogP contribution in [0.4, 0.5) is 4.79 Å². The van der Waals surface area contributed by atoms with Crippen molar-refractivity contribution >= 4 is 6.09 Å². The molecule has 2 bridgehead atoms. The number of hydrogen-bond donors (Lipinski definition) is 1. The minimum atomic E-state index is -0.0681. The van der Waals surface area contributed by atoms with Crippen molar-refractivity contribution in [1.82, 2.24) is 10.2 Å². The standard InChI is InChI=1S/C10H16N2O2/c13-10(14-9-3-4-9)12-7-1-2-8(12)6-11-5-7/h7-9,11H,1-6H2. The predicted molar refractivity (Wildman–Crippen MR) is 51.0 cm³/mol. The SMILES string of the molecule is O=C(OC1CC1)N1C2CCC1CNC2. The molecule has 0 aromatic heterocycles. The molecule has 2 heterocycles. The van der Waals surface area contributed by atoms with Gasteiger partial charge in [-0.15, -0.1) is 0 Å². The summed E-state index contributed by atoms with van der Waals surface area (Å²) < 4.78 is 5.34. The molecule has 1 aliphatic carbocycles. The quantitative estimate of drug-likeness (QED) is 0.672. The van der Waals surface area contributed by atoms with E-state index in [-0.39, 0.29) is 12.2 Å². The monoisotopic (exact) mass is 196 g/mol. The van der Waals surface area contributed by atoms with Crippen LogP contribution in [0.2, 0.25) is 0 Å². The Bertz CT molecular complexity index is 237. The topological polar surface area (TPSA) is 41.6 Å². The summed E-state index contributed by atoms with van der Waals surface area (Å²) in [6.45, 7) is 1.88. The fraction of sp³-hybridized carbons (Fsp3) is 0.900. The van der Waals surface area contributed by atoms with Crippen LogP contribution in [0.1, 0.15) is 25.7 Å². The summed E-state index contributed by atoms with van der Waals surface area (Å²) in [6.07, 6.45) is 4.56. The van der Waals surface area contributed by atoms with Crippen molar-refractivity contribution in [2.45, 2.75) is 43.9 Å². The number of ether oxygens (including phenoxy) is 1. The molecule has 78 valence electrons. The van der Waals surface area contributed by atoms with E-state index in [2.05, 4.69) is 5.32 Å². The average Bonchev–Trinajstić information content (AvgIpc) is 2.94. The summed E-state index contributed by atoms with van der Waals surface area (Å²) in [5, 5.41) is 3.35. The Morgan fingerprint density at radius 2 is 1.79 bits per heavy atom. The maximum absolute atomic E-state index is 11.8. The number of fused-ring (bicyclic) bond motifs is 2. The first-order valence-electron chi connectivity index (χ1n) is 5.54. The third kappa shape index (κ3) is 1.38. The van der Waals surface area contributed by atoms with Gasteiger partial charge in [0.2, 0.25) is 0 Å². The molecule has 2 saturated heterocycles. The van der Waals surface area contributed by atoms with Crippen molar-refractivity contribution in [3.05, 3.63) is 0 Å². The first kappa shape index (κ1) is 8.53. The second kappa shape index (κ2) is 3.12. The lowest BCUT2D eigenvalue weighted by atomic mass is 10.2. The van der Waals surface area contributed by atoms with Gasteiger partial charge < -0.3 is 10.1 Å². The van der Waals surface area contributed by atoms with Crippen LogP contribution in [0.25, 0.3) is 0 Å². The zero-order chi connectivity index (χ0) is 9.54. The summed E-state index contributed by atoms with van der Waals surface area (Å²) in [5.74, 6) is 0. The van der Waals surface area contributed by atoms with Crippen LogP contribution in [-0.2, 0) is 4.74 Å². The number of rotatable bonds is 1. The normalized spacial score (nSPS) is 35.9. The molecule has 3 aliphatic rings. The molecule has 1 saturated carbocycles. The highest BCUT2D eigenvalue weighted by Gasteiger charge is 2.42. The molecule has 2 unspecified atom stereocenters. The Hall–Kier alpha value is -0.770. The zero-order valence-electron chi connectivity index (χ0n) is 8.24. The van der Waals surface area contributed by atoms with Crippen LogP contribution in [0, 0.1) is 0 Å². The number of hydrogen-bond acceptors (Lipinski definition) is 3. The first-order chi connectivity index (χ1) is 6.84. The van der Waals surface area contributed by atoms with Gasteiger partial charge in [-0.1, -0.05) is 0 Å². The number of carbonyl (C=O) groups excluding carboxylic acids is 1. The Labute approximate surface area is 83.6 Å². The molecular formula is C10H16N2O2. The average molecular weight is 196 g/mol. The third-order valence-corrected chi connectivity index (χ3v) is 3.38. The van der Waals surface area contributed by atoms with Gasteiger partial charge in [0.15, 0.2) is 0 Å². The third-order valence-electron chi connectivity index (χ3n) is 3.38. The molecule has 3 fully saturated rings. The summed E-state index contributed by atoms with van der Waals surface area (Å²) in [5.41, 5.74) is 0. The van der Waals surface area contributed by atoms with Gasteiger partial charge in [0.25, 0.3) is 0 Å². The van der Waals surface area contributed by atoms with E-state index in [4.69, 9.17) is 4.74 Å². The minimum absolute atomic E-state index is 0.0681. The van der Waals surface area contributed by atoms with Gasteiger partial charge in [-0.2, -0.15) is 0 Å². The van der Waals surface area contributed by atoms with Crippen molar-refractivity contribution in [3.63, 3.8) is 0 Å². The van der Waals surface area contributed by atoms with Gasteiger partial charge in [0.1, 0.15) is 6.10 Å². The van der Waals surface area contributed by atoms with Crippen molar-refractivity contribution < 1.29 is 9.53 Å². The second-order valence-electron chi connectivity index (χ2n) is 4.53. The number of nitrogens with zero attached hydrogens (tertiary/aromatic N) is 1. The van der Waals surface area contributed by atoms with Gasteiger partial charge in [0.05, 0.1) is 0 Å². The van der Waals surface area contributed by atoms with E-state index >= 15 is 0 Å². The van der Waals surface area contributed by atoms with E-state index in [0.29, 0.717) is 12.1 Å². The Morgan fingerprint density at radius 1 is 1.14 bits per heavy atom. The molecule has 0 aromatic rings. The first-order valence-corrected chi connectivity index (χ1v) is 5.54. The van der Waals surface area contributed by atoms with Crippen molar-refractivity contribution in [2.24, 2.45) is 0 Å². The maximum atomic E-state index is 11.8. The molecule has 0 spiro atoms. The summed E-state index contributed by atoms with van der Waals surface area (Å²) in [7, 11) is 0. The van der Waals surface area contributed by atoms with E-state index in [1.165, 1.54) is 0 Å². The highest BCUT2D eigenvalue weighted by Crippen LogP contribution is 2.30. The van der Waals surface area contributed by atoms with Gasteiger partial charge in [-0.3, -0.25) is 4.90 Å². The van der Waals surface area contributed by atoms with E-state index in [1.54, 1.807) is 0 Å². The van der Waals surface area contributed by atoms with Gasteiger partial charge >= 0.3 is 6.09 Å². The van der Waals surface area contributed by atoms with Gasteiger partial charge in [-0.05, 0) is 25.7 Å². The maximum Gasteiger partial charge on any atom is 0.410 e. The number of amides is 1. The Morgan fingerprint density at radius 3 is 2.36 bits per heavy atom. The number of piperazine rings is 1. The minimum Gasteiger partial charge on any atom is -0.446 e. The van der Waals surface area contributed by atoms with Crippen molar-refractivity contribution in [1.29, 1.82) is 0 Å². The summed E-state index contributed by atoms with van der Waals surface area (Å²) >= 11 is 0. The van der Waals surface area contributed by atoms with Crippen LogP contribution in [0.15, 0.2) is 0 Å². The van der Waals surface area contributed by atoms with E-state index in [0.717, 1.165) is 38.8 Å². The molecule has 0 radical (unpaired) electrons. The molecule has 1 amide bonds. The Balaban J connectivity index is 1.67. The Kier molecular flexibility index (Phi) is 1.90. The number of nitrogens with one attached hydrogen (secondary N) is 1. The second-order valence-corrected chi connectivity index (χ2v) is 4.53. The lowest BCUT2D eigenvalue weighted by molar-refractivity contribution is 0.0691. The largest absolute Gasteiger partial charge is 0.446 e. The highest BCUT2D eigenvalue weighted by molar-refractivity contribution is 5.69. The number of carbonyl (C=O) groups is 1. The molecule has 4 heteroatoms. The predicted octanol–water partition coefficient (Wildman–Crippen LogP) is 0.722. The molecule has 2 atom stereocenters.